The number of fused-ring (bicyclic) bond motifs is 4. The highest BCUT2D eigenvalue weighted by molar-refractivity contribution is 7.98. The van der Waals surface area contributed by atoms with Crippen LogP contribution in [-0.4, -0.2) is 34.6 Å². The van der Waals surface area contributed by atoms with Crippen LogP contribution in [-0.2, 0) is 12.8 Å². The van der Waals surface area contributed by atoms with Gasteiger partial charge in [-0.25, -0.2) is 4.68 Å². The summed E-state index contributed by atoms with van der Waals surface area (Å²) in [4.78, 5) is 27.2. The summed E-state index contributed by atoms with van der Waals surface area (Å²) < 4.78 is 12.5. The average molecular weight is 559 g/mol. The van der Waals surface area contributed by atoms with E-state index in [1.165, 1.54) is 6.20 Å². The molecule has 0 fully saturated rings. The Bertz CT molecular complexity index is 1650. The Morgan fingerprint density at radius 1 is 1.05 bits per heavy atom. The van der Waals surface area contributed by atoms with Crippen LogP contribution in [0.5, 0.6) is 11.5 Å². The van der Waals surface area contributed by atoms with Gasteiger partial charge in [-0.05, 0) is 73.3 Å². The summed E-state index contributed by atoms with van der Waals surface area (Å²) in [5, 5.41) is 10.6. The molecular weight excluding hydrogens is 536 g/mol. The van der Waals surface area contributed by atoms with E-state index in [2.05, 4.69) is 17.2 Å². The Hall–Kier alpha value is -4.21. The molecule has 4 aromatic rings. The molecule has 1 aliphatic carbocycles. The lowest BCUT2D eigenvalue weighted by Gasteiger charge is -2.20. The first-order valence-corrected chi connectivity index (χ1v) is 13.8. The molecule has 10 heteroatoms. The molecule has 8 nitrogen and oxygen atoms in total. The van der Waals surface area contributed by atoms with E-state index < -0.39 is 0 Å². The number of aryl methyl sites for hydroxylation is 1. The molecule has 0 atom stereocenters. The minimum atomic E-state index is -0.374. The Balaban J connectivity index is 1.41. The van der Waals surface area contributed by atoms with Crippen molar-refractivity contribution >= 4 is 40.9 Å². The van der Waals surface area contributed by atoms with Gasteiger partial charge in [0, 0.05) is 27.8 Å². The molecule has 1 aromatic heterocycles. The van der Waals surface area contributed by atoms with Crippen LogP contribution in [0.3, 0.4) is 0 Å². The minimum Gasteiger partial charge on any atom is -0.454 e. The third-order valence-electron chi connectivity index (χ3n) is 6.72. The molecular formula is C29H23ClN4O4S. The number of halogens is 1. The molecule has 0 saturated heterocycles. The zero-order valence-electron chi connectivity index (χ0n) is 20.9. The van der Waals surface area contributed by atoms with Gasteiger partial charge < -0.3 is 20.1 Å². The van der Waals surface area contributed by atoms with Gasteiger partial charge in [0.15, 0.2) is 17.2 Å². The van der Waals surface area contributed by atoms with Crippen molar-refractivity contribution in [1.29, 1.82) is 0 Å². The van der Waals surface area contributed by atoms with Crippen molar-refractivity contribution < 1.29 is 19.1 Å². The lowest BCUT2D eigenvalue weighted by molar-refractivity contribution is 0.0963. The molecule has 2 amide bonds. The third-order valence-corrected chi connectivity index (χ3v) is 7.78. The Kier molecular flexibility index (Phi) is 6.54. The van der Waals surface area contributed by atoms with Gasteiger partial charge in [0.05, 0.1) is 22.0 Å². The molecule has 0 saturated carbocycles. The lowest BCUT2D eigenvalue weighted by atomic mass is 9.88. The Morgan fingerprint density at radius 3 is 2.56 bits per heavy atom. The summed E-state index contributed by atoms with van der Waals surface area (Å²) in [6, 6.07) is 16.9. The summed E-state index contributed by atoms with van der Waals surface area (Å²) in [6.45, 7) is 3.70. The smallest absolute Gasteiger partial charge is 0.275 e. The molecule has 2 heterocycles. The maximum atomic E-state index is 13.2. The van der Waals surface area contributed by atoms with E-state index in [-0.39, 0.29) is 29.2 Å². The highest BCUT2D eigenvalue weighted by atomic mass is 35.5. The number of hydrogen-bond acceptors (Lipinski definition) is 6. The maximum absolute atomic E-state index is 13.2. The summed E-state index contributed by atoms with van der Waals surface area (Å²) in [6.07, 6.45) is 4.76. The van der Waals surface area contributed by atoms with Gasteiger partial charge in [0.25, 0.3) is 11.8 Å². The molecule has 0 unspecified atom stereocenters. The number of rotatable bonds is 6. The summed E-state index contributed by atoms with van der Waals surface area (Å²) in [5.74, 6) is 0.293. The molecule has 0 bridgehead atoms. The van der Waals surface area contributed by atoms with E-state index in [9.17, 15) is 9.59 Å². The molecule has 0 spiro atoms. The number of carbonyl (C=O) groups excluding carboxylic acids is 2. The van der Waals surface area contributed by atoms with E-state index in [1.807, 2.05) is 48.7 Å². The van der Waals surface area contributed by atoms with E-state index in [0.29, 0.717) is 29.3 Å². The molecule has 196 valence electrons. The van der Waals surface area contributed by atoms with Crippen LogP contribution >= 0.6 is 23.4 Å². The fourth-order valence-electron chi connectivity index (χ4n) is 4.86. The molecule has 2 N–H and O–H groups in total. The second-order valence-electron chi connectivity index (χ2n) is 8.97. The first-order chi connectivity index (χ1) is 19.0. The van der Waals surface area contributed by atoms with Crippen LogP contribution in [0.1, 0.15) is 32.0 Å². The zero-order chi connectivity index (χ0) is 27.1. The SMILES string of the molecule is C=CNC(=O)c1nn(-c2ccc(SC)cc2)c2c1CCc1ccc(NC(=O)c3cc4c(cc3Cl)OCO4)cc1-2. The molecule has 0 radical (unpaired) electrons. The van der Waals surface area contributed by atoms with Gasteiger partial charge in [0.2, 0.25) is 6.79 Å². The number of aromatic nitrogens is 2. The van der Waals surface area contributed by atoms with Crippen molar-refractivity contribution in [1.82, 2.24) is 15.1 Å². The number of ether oxygens (including phenoxy) is 2. The van der Waals surface area contributed by atoms with Crippen molar-refractivity contribution in [3.05, 3.63) is 94.8 Å². The zero-order valence-corrected chi connectivity index (χ0v) is 22.5. The van der Waals surface area contributed by atoms with E-state index in [0.717, 1.165) is 39.4 Å². The van der Waals surface area contributed by atoms with Crippen molar-refractivity contribution in [2.45, 2.75) is 17.7 Å². The van der Waals surface area contributed by atoms with Gasteiger partial charge in [-0.2, -0.15) is 5.10 Å². The number of anilines is 1. The van der Waals surface area contributed by atoms with Crippen molar-refractivity contribution in [3.8, 4) is 28.4 Å². The normalized spacial score (nSPS) is 12.9. The molecule has 3 aromatic carbocycles. The molecule has 39 heavy (non-hydrogen) atoms. The van der Waals surface area contributed by atoms with Crippen LogP contribution in [0.2, 0.25) is 5.02 Å². The second kappa shape index (κ2) is 10.2. The number of nitrogens with zero attached hydrogens (tertiary/aromatic N) is 2. The van der Waals surface area contributed by atoms with Crippen LogP contribution < -0.4 is 20.1 Å². The number of thioether (sulfide) groups is 1. The van der Waals surface area contributed by atoms with Crippen molar-refractivity contribution in [2.24, 2.45) is 0 Å². The second-order valence-corrected chi connectivity index (χ2v) is 10.3. The molecule has 6 rings (SSSR count). The molecule has 2 aliphatic rings. The van der Waals surface area contributed by atoms with Crippen LogP contribution in [0.15, 0.2) is 72.3 Å². The minimum absolute atomic E-state index is 0.0877. The first kappa shape index (κ1) is 25.1. The topological polar surface area (TPSA) is 94.5 Å². The lowest BCUT2D eigenvalue weighted by Crippen LogP contribution is -2.19. The highest BCUT2D eigenvalue weighted by Crippen LogP contribution is 2.40. The molecule has 1 aliphatic heterocycles. The fourth-order valence-corrected chi connectivity index (χ4v) is 5.51. The Labute approximate surface area is 234 Å². The van der Waals surface area contributed by atoms with Gasteiger partial charge in [-0.15, -0.1) is 11.8 Å². The van der Waals surface area contributed by atoms with Crippen LogP contribution in [0.25, 0.3) is 16.9 Å². The number of carbonyl (C=O) groups is 2. The van der Waals surface area contributed by atoms with Crippen molar-refractivity contribution in [2.75, 3.05) is 18.4 Å². The quantitative estimate of drug-likeness (QED) is 0.288. The van der Waals surface area contributed by atoms with Crippen molar-refractivity contribution in [3.63, 3.8) is 0 Å². The van der Waals surface area contributed by atoms with Crippen LogP contribution in [0, 0.1) is 0 Å². The van der Waals surface area contributed by atoms with Gasteiger partial charge in [-0.1, -0.05) is 24.2 Å². The first-order valence-electron chi connectivity index (χ1n) is 12.2. The number of amides is 2. The predicted molar refractivity (Wildman–Crippen MR) is 151 cm³/mol. The summed E-state index contributed by atoms with van der Waals surface area (Å²) in [7, 11) is 0. The largest absolute Gasteiger partial charge is 0.454 e. The summed E-state index contributed by atoms with van der Waals surface area (Å²) in [5.41, 5.74) is 5.70. The maximum Gasteiger partial charge on any atom is 0.275 e. The fraction of sp³-hybridized carbons (Fsp3) is 0.138. The highest BCUT2D eigenvalue weighted by Gasteiger charge is 2.29. The monoisotopic (exact) mass is 558 g/mol. The van der Waals surface area contributed by atoms with Gasteiger partial charge >= 0.3 is 0 Å². The van der Waals surface area contributed by atoms with E-state index in [1.54, 1.807) is 28.6 Å². The van der Waals surface area contributed by atoms with Gasteiger partial charge in [0.1, 0.15) is 0 Å². The predicted octanol–water partition coefficient (Wildman–Crippen LogP) is 5.87. The third kappa shape index (κ3) is 4.53. The number of hydrogen-bond donors (Lipinski definition) is 2. The standard InChI is InChI=1S/C29H23ClN4O4S/c1-3-31-29(36)26-20-11-5-16-4-6-17(32-28(35)22-13-24-25(14-23(22)30)38-15-37-24)12-21(16)27(20)34(33-26)18-7-9-19(39-2)10-8-18/h3-4,6-10,12-14H,1,5,11,15H2,2H3,(H,31,36)(H,32,35). The summed E-state index contributed by atoms with van der Waals surface area (Å²) >= 11 is 8.02. The van der Waals surface area contributed by atoms with E-state index in [4.69, 9.17) is 26.2 Å². The van der Waals surface area contributed by atoms with E-state index >= 15 is 0 Å². The number of nitrogens with one attached hydrogen (secondary N) is 2. The van der Waals surface area contributed by atoms with Gasteiger partial charge in [-0.3, -0.25) is 9.59 Å². The Morgan fingerprint density at radius 2 is 1.82 bits per heavy atom. The average Bonchev–Trinajstić information content (AvgIpc) is 3.57. The number of benzene rings is 3. The van der Waals surface area contributed by atoms with Crippen LogP contribution in [0.4, 0.5) is 5.69 Å².